The number of ether oxygens (including phenoxy) is 3. The molecule has 6 nitrogen and oxygen atoms in total. The highest BCUT2D eigenvalue weighted by atomic mass is 16.6. The minimum Gasteiger partial charge on any atom is -0.462 e. The van der Waals surface area contributed by atoms with Crippen molar-refractivity contribution in [3.63, 3.8) is 0 Å². The molecule has 81 heavy (non-hydrogen) atoms. The molecule has 0 aliphatic rings. The Hall–Kier alpha value is -3.93. The topological polar surface area (TPSA) is 78.9 Å². The van der Waals surface area contributed by atoms with Gasteiger partial charge in [-0.3, -0.25) is 14.4 Å². The third-order valence-electron chi connectivity index (χ3n) is 14.8. The Morgan fingerprint density at radius 3 is 0.765 bits per heavy atom. The number of esters is 3. The van der Waals surface area contributed by atoms with Crippen molar-refractivity contribution >= 4 is 17.9 Å². The molecule has 0 bridgehead atoms. The molecule has 0 saturated carbocycles. The van der Waals surface area contributed by atoms with E-state index in [0.29, 0.717) is 19.3 Å². The molecule has 0 heterocycles. The van der Waals surface area contributed by atoms with E-state index in [0.717, 1.165) is 122 Å². The minimum atomic E-state index is -0.793. The zero-order valence-corrected chi connectivity index (χ0v) is 53.3. The van der Waals surface area contributed by atoms with Gasteiger partial charge in [-0.2, -0.15) is 0 Å². The monoisotopic (exact) mass is 1120 g/mol. The molecular formula is C75H128O6. The summed E-state index contributed by atoms with van der Waals surface area (Å²) >= 11 is 0. The van der Waals surface area contributed by atoms with Crippen molar-refractivity contribution in [2.45, 2.75) is 335 Å². The first-order valence-corrected chi connectivity index (χ1v) is 34.4. The van der Waals surface area contributed by atoms with Gasteiger partial charge in [0.25, 0.3) is 0 Å². The lowest BCUT2D eigenvalue weighted by atomic mass is 10.0. The molecule has 0 radical (unpaired) electrons. The average molecular weight is 1130 g/mol. The van der Waals surface area contributed by atoms with Crippen LogP contribution in [0.15, 0.2) is 109 Å². The second-order valence-electron chi connectivity index (χ2n) is 22.7. The Bertz CT molecular complexity index is 1620. The summed E-state index contributed by atoms with van der Waals surface area (Å²) in [4.78, 5) is 38.4. The summed E-state index contributed by atoms with van der Waals surface area (Å²) in [5.41, 5.74) is 0. The van der Waals surface area contributed by atoms with Gasteiger partial charge in [0.2, 0.25) is 0 Å². The quantitative estimate of drug-likeness (QED) is 0.0261. The van der Waals surface area contributed by atoms with Crippen molar-refractivity contribution < 1.29 is 28.6 Å². The Labute approximate surface area is 501 Å². The van der Waals surface area contributed by atoms with E-state index in [4.69, 9.17) is 14.2 Å². The normalized spacial score (nSPS) is 12.8. The summed E-state index contributed by atoms with van der Waals surface area (Å²) in [6.45, 7) is 6.54. The highest BCUT2D eigenvalue weighted by Gasteiger charge is 2.19. The summed E-state index contributed by atoms with van der Waals surface area (Å²) < 4.78 is 17.0. The molecule has 0 aromatic carbocycles. The number of carbonyl (C=O) groups excluding carboxylic acids is 3. The third-order valence-corrected chi connectivity index (χ3v) is 14.8. The van der Waals surface area contributed by atoms with E-state index in [-0.39, 0.29) is 31.1 Å². The summed E-state index contributed by atoms with van der Waals surface area (Å²) in [5.74, 6) is -0.902. The van der Waals surface area contributed by atoms with Gasteiger partial charge in [-0.15, -0.1) is 0 Å². The smallest absolute Gasteiger partial charge is 0.306 e. The highest BCUT2D eigenvalue weighted by Crippen LogP contribution is 2.17. The number of unbranched alkanes of at least 4 members (excludes halogenated alkanes) is 33. The van der Waals surface area contributed by atoms with E-state index < -0.39 is 6.10 Å². The molecule has 0 N–H and O–H groups in total. The first-order chi connectivity index (χ1) is 40.0. The largest absolute Gasteiger partial charge is 0.462 e. The molecule has 0 aliphatic carbocycles. The van der Waals surface area contributed by atoms with Gasteiger partial charge in [0.1, 0.15) is 13.2 Å². The lowest BCUT2D eigenvalue weighted by Crippen LogP contribution is -2.30. The molecule has 0 spiro atoms. The number of hydrogen-bond acceptors (Lipinski definition) is 6. The van der Waals surface area contributed by atoms with Crippen molar-refractivity contribution in [3.05, 3.63) is 109 Å². The van der Waals surface area contributed by atoms with Crippen molar-refractivity contribution in [2.24, 2.45) is 0 Å². The number of rotatable bonds is 62. The molecule has 0 fully saturated rings. The average Bonchev–Trinajstić information content (AvgIpc) is 3.47. The maximum atomic E-state index is 12.9. The lowest BCUT2D eigenvalue weighted by Gasteiger charge is -2.18. The number of hydrogen-bond donors (Lipinski definition) is 0. The van der Waals surface area contributed by atoms with E-state index in [1.54, 1.807) is 0 Å². The van der Waals surface area contributed by atoms with E-state index in [9.17, 15) is 14.4 Å². The Balaban J connectivity index is 4.40. The molecule has 0 saturated heterocycles. The van der Waals surface area contributed by atoms with Crippen LogP contribution in [0, 0.1) is 0 Å². The fraction of sp³-hybridized carbons (Fsp3) is 0.720. The van der Waals surface area contributed by atoms with Crippen molar-refractivity contribution in [1.29, 1.82) is 0 Å². The zero-order chi connectivity index (χ0) is 58.5. The minimum absolute atomic E-state index is 0.0855. The van der Waals surface area contributed by atoms with Crippen LogP contribution in [0.1, 0.15) is 329 Å². The molecule has 0 aliphatic heterocycles. The molecule has 0 aromatic rings. The summed E-state index contributed by atoms with van der Waals surface area (Å²) in [7, 11) is 0. The predicted octanol–water partition coefficient (Wildman–Crippen LogP) is 23.8. The molecule has 0 aromatic heterocycles. The van der Waals surface area contributed by atoms with Gasteiger partial charge in [-0.1, -0.05) is 310 Å². The third kappa shape index (κ3) is 66.8. The number of carbonyl (C=O) groups is 3. The van der Waals surface area contributed by atoms with Crippen LogP contribution in [-0.2, 0) is 28.6 Å². The van der Waals surface area contributed by atoms with E-state index in [2.05, 4.69) is 130 Å². The molecular weight excluding hydrogens is 997 g/mol. The summed E-state index contributed by atoms with van der Waals surface area (Å²) in [6, 6.07) is 0. The van der Waals surface area contributed by atoms with Crippen molar-refractivity contribution in [1.82, 2.24) is 0 Å². The SMILES string of the molecule is CC/C=C\C/C=C\C/C=C\C/C=C\C/C=C\C/C=C\C/C=C\C/C=C\CCCCCCC(=O)OCC(COC(=O)CCCCCCCCCCCCCCCCCC)OC(=O)CCCCCCCCC/C=C\CCCCCCCCC. The molecule has 6 heteroatoms. The van der Waals surface area contributed by atoms with Crippen LogP contribution >= 0.6 is 0 Å². The van der Waals surface area contributed by atoms with Crippen LogP contribution in [-0.4, -0.2) is 37.2 Å². The highest BCUT2D eigenvalue weighted by molar-refractivity contribution is 5.71. The van der Waals surface area contributed by atoms with Crippen LogP contribution in [0.5, 0.6) is 0 Å². The fourth-order valence-electron chi connectivity index (χ4n) is 9.63. The van der Waals surface area contributed by atoms with E-state index in [1.807, 2.05) is 0 Å². The molecule has 0 rings (SSSR count). The van der Waals surface area contributed by atoms with Crippen LogP contribution in [0.2, 0.25) is 0 Å². The maximum Gasteiger partial charge on any atom is 0.306 e. The van der Waals surface area contributed by atoms with Crippen molar-refractivity contribution in [2.75, 3.05) is 13.2 Å². The fourth-order valence-corrected chi connectivity index (χ4v) is 9.63. The van der Waals surface area contributed by atoms with Crippen LogP contribution in [0.4, 0.5) is 0 Å². The Kier molecular flexibility index (Phi) is 65.2. The molecule has 0 amide bonds. The molecule has 1 unspecified atom stereocenters. The summed E-state index contributed by atoms with van der Waals surface area (Å²) in [6.07, 6.45) is 93.8. The summed E-state index contributed by atoms with van der Waals surface area (Å²) in [5, 5.41) is 0. The Morgan fingerprint density at radius 2 is 0.481 bits per heavy atom. The van der Waals surface area contributed by atoms with Gasteiger partial charge in [0, 0.05) is 19.3 Å². The molecule has 1 atom stereocenters. The van der Waals surface area contributed by atoms with E-state index in [1.165, 1.54) is 167 Å². The van der Waals surface area contributed by atoms with Crippen molar-refractivity contribution in [3.8, 4) is 0 Å². The standard InChI is InChI=1S/C75H128O6/c1-4-7-10-13-16-19-22-25-28-31-33-34-35-36-37-38-39-40-41-42-43-45-47-50-53-56-59-62-65-68-74(77)80-71-72(70-79-73(76)67-64-61-58-55-52-49-46-30-27-24-21-18-15-12-9-6-3)81-75(78)69-66-63-60-57-54-51-48-44-32-29-26-23-20-17-14-11-8-5-2/h7,10,16,19,25,28-29,32-34,36-37,39-40,42-43,47,50,72H,4-6,8-9,11-15,17-18,20-24,26-27,30-31,35,38,41,44-46,48-49,51-71H2,1-3H3/b10-7-,19-16-,28-25-,32-29-,34-33-,37-36-,40-39-,43-42-,50-47-. The van der Waals surface area contributed by atoms with E-state index >= 15 is 0 Å². The van der Waals surface area contributed by atoms with Gasteiger partial charge in [-0.25, -0.2) is 0 Å². The first kappa shape index (κ1) is 77.1. The van der Waals surface area contributed by atoms with Crippen LogP contribution < -0.4 is 0 Å². The van der Waals surface area contributed by atoms with Crippen LogP contribution in [0.3, 0.4) is 0 Å². The Morgan fingerprint density at radius 1 is 0.259 bits per heavy atom. The number of allylic oxidation sites excluding steroid dienone is 18. The predicted molar refractivity (Wildman–Crippen MR) is 353 cm³/mol. The van der Waals surface area contributed by atoms with Gasteiger partial charge in [0.05, 0.1) is 0 Å². The van der Waals surface area contributed by atoms with Crippen LogP contribution in [0.25, 0.3) is 0 Å². The molecule has 464 valence electrons. The second kappa shape index (κ2) is 68.6. The van der Waals surface area contributed by atoms with Gasteiger partial charge < -0.3 is 14.2 Å². The second-order valence-corrected chi connectivity index (χ2v) is 22.7. The zero-order valence-electron chi connectivity index (χ0n) is 53.3. The first-order valence-electron chi connectivity index (χ1n) is 34.4. The van der Waals surface area contributed by atoms with Gasteiger partial charge >= 0.3 is 17.9 Å². The van der Waals surface area contributed by atoms with Gasteiger partial charge in [0.15, 0.2) is 6.10 Å². The lowest BCUT2D eigenvalue weighted by molar-refractivity contribution is -0.167. The van der Waals surface area contributed by atoms with Gasteiger partial charge in [-0.05, 0) is 109 Å². The maximum absolute atomic E-state index is 12.9.